The van der Waals surface area contributed by atoms with Gasteiger partial charge < -0.3 is 15.8 Å². The molecule has 94 valence electrons. The number of amides is 1. The van der Waals surface area contributed by atoms with E-state index in [1.54, 1.807) is 25.3 Å². The van der Waals surface area contributed by atoms with Crippen molar-refractivity contribution in [2.45, 2.75) is 13.3 Å². The van der Waals surface area contributed by atoms with Gasteiger partial charge in [-0.25, -0.2) is 0 Å². The molecule has 0 saturated carbocycles. The maximum atomic E-state index is 11.8. The third-order valence-electron chi connectivity index (χ3n) is 2.58. The summed E-state index contributed by atoms with van der Waals surface area (Å²) in [6.07, 6.45) is 0.698. The van der Waals surface area contributed by atoms with Gasteiger partial charge in [0.25, 0.3) is 0 Å². The molecule has 1 rings (SSSR count). The van der Waals surface area contributed by atoms with E-state index in [1.807, 2.05) is 6.92 Å². The zero-order valence-corrected chi connectivity index (χ0v) is 10.8. The lowest BCUT2D eigenvalue weighted by atomic mass is 10.1. The summed E-state index contributed by atoms with van der Waals surface area (Å²) >= 11 is 5.99. The molecule has 1 unspecified atom stereocenters. The molecule has 1 aromatic rings. The highest BCUT2D eigenvalue weighted by Gasteiger charge is 2.15. The van der Waals surface area contributed by atoms with Gasteiger partial charge in [-0.3, -0.25) is 4.79 Å². The molecule has 17 heavy (non-hydrogen) atoms. The molecule has 1 aromatic carbocycles. The number of nitrogens with one attached hydrogen (secondary N) is 1. The van der Waals surface area contributed by atoms with Crippen LogP contribution < -0.4 is 15.8 Å². The molecule has 0 fully saturated rings. The van der Waals surface area contributed by atoms with Crippen LogP contribution in [0.5, 0.6) is 5.75 Å². The fourth-order valence-corrected chi connectivity index (χ4v) is 1.59. The normalized spacial score (nSPS) is 12.0. The summed E-state index contributed by atoms with van der Waals surface area (Å²) in [5.74, 6) is 0.327. The summed E-state index contributed by atoms with van der Waals surface area (Å²) in [7, 11) is 1.56. The van der Waals surface area contributed by atoms with Crippen molar-refractivity contribution in [2.75, 3.05) is 19.0 Å². The summed E-state index contributed by atoms with van der Waals surface area (Å²) in [5, 5.41) is 3.23. The van der Waals surface area contributed by atoms with E-state index in [4.69, 9.17) is 22.1 Å². The molecule has 1 atom stereocenters. The highest BCUT2D eigenvalue weighted by molar-refractivity contribution is 6.33. The van der Waals surface area contributed by atoms with Gasteiger partial charge in [0, 0.05) is 12.6 Å². The number of halogens is 1. The van der Waals surface area contributed by atoms with Crippen LogP contribution in [0.4, 0.5) is 5.69 Å². The lowest BCUT2D eigenvalue weighted by Crippen LogP contribution is -2.28. The Labute approximate surface area is 106 Å². The minimum atomic E-state index is -0.197. The third-order valence-corrected chi connectivity index (χ3v) is 2.91. The quantitative estimate of drug-likeness (QED) is 0.849. The number of carbonyl (C=O) groups excluding carboxylic acids is 1. The number of anilines is 1. The Hall–Kier alpha value is -1.26. The third kappa shape index (κ3) is 3.61. The number of methoxy groups -OCH3 is 1. The second kappa shape index (κ2) is 6.47. The number of nitrogens with two attached hydrogens (primary N) is 1. The summed E-state index contributed by atoms with van der Waals surface area (Å²) in [6.45, 7) is 2.24. The zero-order chi connectivity index (χ0) is 12.8. The first kappa shape index (κ1) is 13.8. The van der Waals surface area contributed by atoms with E-state index in [9.17, 15) is 4.79 Å². The topological polar surface area (TPSA) is 64.4 Å². The van der Waals surface area contributed by atoms with Gasteiger partial charge in [-0.05, 0) is 18.6 Å². The van der Waals surface area contributed by atoms with Crippen LogP contribution in [0.25, 0.3) is 0 Å². The molecule has 0 aliphatic carbocycles. The number of hydrogen-bond donors (Lipinski definition) is 2. The molecule has 1 amide bonds. The molecule has 0 saturated heterocycles. The van der Waals surface area contributed by atoms with Crippen molar-refractivity contribution < 1.29 is 9.53 Å². The van der Waals surface area contributed by atoms with Crippen molar-refractivity contribution in [2.24, 2.45) is 11.7 Å². The van der Waals surface area contributed by atoms with Crippen LogP contribution in [-0.2, 0) is 4.79 Å². The Morgan fingerprint density at radius 3 is 2.82 bits per heavy atom. The molecule has 4 nitrogen and oxygen atoms in total. The van der Waals surface area contributed by atoms with Crippen molar-refractivity contribution >= 4 is 23.2 Å². The van der Waals surface area contributed by atoms with Crippen molar-refractivity contribution in [1.82, 2.24) is 0 Å². The van der Waals surface area contributed by atoms with Crippen LogP contribution in [0.3, 0.4) is 0 Å². The molecule has 0 radical (unpaired) electrons. The van der Waals surface area contributed by atoms with Gasteiger partial charge in [-0.15, -0.1) is 0 Å². The van der Waals surface area contributed by atoms with Crippen LogP contribution in [0, 0.1) is 5.92 Å². The minimum Gasteiger partial charge on any atom is -0.497 e. The molecule has 0 heterocycles. The van der Waals surface area contributed by atoms with Gasteiger partial charge in [-0.2, -0.15) is 0 Å². The van der Waals surface area contributed by atoms with Crippen molar-refractivity contribution in [1.29, 1.82) is 0 Å². The fourth-order valence-electron chi connectivity index (χ4n) is 1.42. The second-order valence-corrected chi connectivity index (χ2v) is 4.08. The van der Waals surface area contributed by atoms with Gasteiger partial charge in [0.1, 0.15) is 5.75 Å². The standard InChI is InChI=1S/C12H17ClN2O2/c1-3-8(7-14)12(16)15-11-6-9(17-2)4-5-10(11)13/h4-6,8H,3,7,14H2,1-2H3,(H,15,16). The maximum absolute atomic E-state index is 11.8. The van der Waals surface area contributed by atoms with Crippen molar-refractivity contribution in [3.63, 3.8) is 0 Å². The average Bonchev–Trinajstić information content (AvgIpc) is 2.33. The molecular formula is C12H17ClN2O2. The molecule has 3 N–H and O–H groups in total. The predicted molar refractivity (Wildman–Crippen MR) is 69.5 cm³/mol. The first-order valence-corrected chi connectivity index (χ1v) is 5.84. The molecule has 0 aliphatic rings. The van der Waals surface area contributed by atoms with Gasteiger partial charge in [0.2, 0.25) is 5.91 Å². The number of carbonyl (C=O) groups is 1. The number of benzene rings is 1. The second-order valence-electron chi connectivity index (χ2n) is 3.68. The van der Waals surface area contributed by atoms with E-state index in [2.05, 4.69) is 5.32 Å². The molecule has 0 aliphatic heterocycles. The zero-order valence-electron chi connectivity index (χ0n) is 10.00. The SMILES string of the molecule is CCC(CN)C(=O)Nc1cc(OC)ccc1Cl. The molecule has 0 bridgehead atoms. The molecule has 0 aromatic heterocycles. The van der Waals surface area contributed by atoms with E-state index in [0.717, 1.165) is 0 Å². The Balaban J connectivity index is 2.83. The van der Waals surface area contributed by atoms with Crippen LogP contribution in [0.15, 0.2) is 18.2 Å². The molecule has 5 heteroatoms. The Morgan fingerprint density at radius 2 is 2.29 bits per heavy atom. The average molecular weight is 257 g/mol. The van der Waals surface area contributed by atoms with E-state index in [1.165, 1.54) is 0 Å². The summed E-state index contributed by atoms with van der Waals surface area (Å²) in [4.78, 5) is 11.8. The highest BCUT2D eigenvalue weighted by atomic mass is 35.5. The number of rotatable bonds is 5. The molecule has 0 spiro atoms. The predicted octanol–water partition coefficient (Wildman–Crippen LogP) is 2.27. The number of ether oxygens (including phenoxy) is 1. The Kier molecular flexibility index (Phi) is 5.25. The van der Waals surface area contributed by atoms with E-state index in [0.29, 0.717) is 29.4 Å². The minimum absolute atomic E-state index is 0.120. The van der Waals surface area contributed by atoms with Crippen LogP contribution in [0.2, 0.25) is 5.02 Å². The first-order chi connectivity index (χ1) is 8.12. The fraction of sp³-hybridized carbons (Fsp3) is 0.417. The monoisotopic (exact) mass is 256 g/mol. The van der Waals surface area contributed by atoms with Gasteiger partial charge >= 0.3 is 0 Å². The van der Waals surface area contributed by atoms with Gasteiger partial charge in [0.05, 0.1) is 23.7 Å². The van der Waals surface area contributed by atoms with E-state index in [-0.39, 0.29) is 11.8 Å². The van der Waals surface area contributed by atoms with Crippen molar-refractivity contribution in [3.05, 3.63) is 23.2 Å². The maximum Gasteiger partial charge on any atom is 0.228 e. The Bertz CT molecular complexity index is 392. The number of hydrogen-bond acceptors (Lipinski definition) is 3. The van der Waals surface area contributed by atoms with Gasteiger partial charge in [0.15, 0.2) is 0 Å². The van der Waals surface area contributed by atoms with Crippen LogP contribution in [-0.4, -0.2) is 19.6 Å². The van der Waals surface area contributed by atoms with Gasteiger partial charge in [-0.1, -0.05) is 18.5 Å². The Morgan fingerprint density at radius 1 is 1.59 bits per heavy atom. The van der Waals surface area contributed by atoms with Crippen LogP contribution in [0.1, 0.15) is 13.3 Å². The van der Waals surface area contributed by atoms with E-state index >= 15 is 0 Å². The highest BCUT2D eigenvalue weighted by Crippen LogP contribution is 2.27. The lowest BCUT2D eigenvalue weighted by Gasteiger charge is -2.14. The largest absolute Gasteiger partial charge is 0.497 e. The smallest absolute Gasteiger partial charge is 0.228 e. The summed E-state index contributed by atoms with van der Waals surface area (Å²) in [6, 6.07) is 5.10. The van der Waals surface area contributed by atoms with Crippen LogP contribution >= 0.6 is 11.6 Å². The van der Waals surface area contributed by atoms with Crippen molar-refractivity contribution in [3.8, 4) is 5.75 Å². The first-order valence-electron chi connectivity index (χ1n) is 5.46. The summed E-state index contributed by atoms with van der Waals surface area (Å²) < 4.78 is 5.07. The summed E-state index contributed by atoms with van der Waals surface area (Å²) in [5.41, 5.74) is 6.06. The van der Waals surface area contributed by atoms with E-state index < -0.39 is 0 Å². The molecular weight excluding hydrogens is 240 g/mol. The lowest BCUT2D eigenvalue weighted by molar-refractivity contribution is -0.119.